The number of carbonyl (C=O) groups is 2. The third-order valence-corrected chi connectivity index (χ3v) is 7.26. The van der Waals surface area contributed by atoms with Crippen LogP contribution in [0.2, 0.25) is 15.1 Å². The first kappa shape index (κ1) is 28.1. The largest absolute Gasteiger partial charge is 0.342 e. The number of nitrogens with zero attached hydrogens (tertiary/aromatic N) is 3. The van der Waals surface area contributed by atoms with E-state index in [1.54, 1.807) is 36.4 Å². The van der Waals surface area contributed by atoms with Gasteiger partial charge in [0.25, 0.3) is 5.91 Å². The summed E-state index contributed by atoms with van der Waals surface area (Å²) in [5.41, 5.74) is 1.76. The zero-order chi connectivity index (χ0) is 26.4. The highest BCUT2D eigenvalue weighted by atomic mass is 35.5. The minimum absolute atomic E-state index is 0.0141. The van der Waals surface area contributed by atoms with Crippen LogP contribution in [0.3, 0.4) is 0 Å². The van der Waals surface area contributed by atoms with Crippen LogP contribution in [-0.2, 0) is 11.3 Å². The summed E-state index contributed by atoms with van der Waals surface area (Å²) in [6, 6.07) is 9.59. The van der Waals surface area contributed by atoms with Gasteiger partial charge in [-0.2, -0.15) is 0 Å². The van der Waals surface area contributed by atoms with Crippen molar-refractivity contribution < 1.29 is 9.59 Å². The minimum atomic E-state index is -0.464. The summed E-state index contributed by atoms with van der Waals surface area (Å²) < 4.78 is 1.84. The fraction of sp³-hybridized carbons (Fsp3) is 0.280. The highest BCUT2D eigenvalue weighted by Gasteiger charge is 2.27. The molecule has 36 heavy (non-hydrogen) atoms. The molecule has 0 saturated carbocycles. The number of halogens is 3. The summed E-state index contributed by atoms with van der Waals surface area (Å²) in [5, 5.41) is 16.3. The second-order valence-corrected chi connectivity index (χ2v) is 10.5. The third kappa shape index (κ3) is 6.82. The molecule has 2 amide bonds. The molecular weight excluding hydrogens is 541 g/mol. The predicted molar refractivity (Wildman–Crippen MR) is 147 cm³/mol. The van der Waals surface area contributed by atoms with E-state index in [2.05, 4.69) is 27.4 Å². The van der Waals surface area contributed by atoms with Gasteiger partial charge < -0.3 is 15.2 Å². The Morgan fingerprint density at radius 3 is 2.56 bits per heavy atom. The average Bonchev–Trinajstić information content (AvgIpc) is 3.21. The summed E-state index contributed by atoms with van der Waals surface area (Å²) in [5.74, 6) is 0.0946. The van der Waals surface area contributed by atoms with Crippen molar-refractivity contribution in [3.63, 3.8) is 0 Å². The van der Waals surface area contributed by atoms with E-state index in [4.69, 9.17) is 34.8 Å². The third-order valence-electron chi connectivity index (χ3n) is 5.34. The standard InChI is InChI=1S/C25H26Cl3N5O2S/c1-5-11-33-23(22(14(2)3)30-24(35)17-10-9-16(26)12-19(17)28)31-32-25(33)36-13-21(34)29-20-8-6-7-18(27)15(20)4/h5-10,12,14,22H,1,11,13H2,2-4H3,(H,29,34)(H,30,35)/t22-/m1/s1. The van der Waals surface area contributed by atoms with E-state index in [0.29, 0.717) is 38.8 Å². The molecule has 0 spiro atoms. The Kier molecular flexibility index (Phi) is 9.84. The Morgan fingerprint density at radius 1 is 1.14 bits per heavy atom. The summed E-state index contributed by atoms with van der Waals surface area (Å²) in [7, 11) is 0. The van der Waals surface area contributed by atoms with Gasteiger partial charge in [-0.3, -0.25) is 9.59 Å². The number of benzene rings is 2. The number of thioether (sulfide) groups is 1. The molecule has 0 saturated heterocycles. The van der Waals surface area contributed by atoms with E-state index in [1.807, 2.05) is 25.3 Å². The summed E-state index contributed by atoms with van der Waals surface area (Å²) in [6.45, 7) is 10.0. The molecule has 0 aliphatic carbocycles. The van der Waals surface area contributed by atoms with E-state index >= 15 is 0 Å². The summed E-state index contributed by atoms with van der Waals surface area (Å²) in [4.78, 5) is 25.6. The molecule has 1 heterocycles. The van der Waals surface area contributed by atoms with Crippen LogP contribution in [0.1, 0.15) is 41.6 Å². The lowest BCUT2D eigenvalue weighted by molar-refractivity contribution is -0.113. The summed E-state index contributed by atoms with van der Waals surface area (Å²) in [6.07, 6.45) is 1.71. The second kappa shape index (κ2) is 12.6. The van der Waals surface area contributed by atoms with Crippen molar-refractivity contribution in [1.29, 1.82) is 0 Å². The van der Waals surface area contributed by atoms with Crippen LogP contribution in [0.5, 0.6) is 0 Å². The molecule has 0 aliphatic rings. The van der Waals surface area contributed by atoms with Gasteiger partial charge in [0, 0.05) is 22.3 Å². The molecule has 0 aliphatic heterocycles. The second-order valence-electron chi connectivity index (χ2n) is 8.31. The van der Waals surface area contributed by atoms with Gasteiger partial charge in [-0.05, 0) is 48.7 Å². The van der Waals surface area contributed by atoms with Crippen molar-refractivity contribution in [1.82, 2.24) is 20.1 Å². The minimum Gasteiger partial charge on any atom is -0.342 e. The van der Waals surface area contributed by atoms with Gasteiger partial charge in [-0.1, -0.05) is 72.6 Å². The molecule has 0 radical (unpaired) electrons. The first-order chi connectivity index (χ1) is 17.1. The van der Waals surface area contributed by atoms with Crippen LogP contribution in [0.4, 0.5) is 5.69 Å². The number of anilines is 1. The molecule has 3 rings (SSSR count). The van der Waals surface area contributed by atoms with Crippen LogP contribution in [0, 0.1) is 12.8 Å². The Bertz CT molecular complexity index is 1280. The maximum absolute atomic E-state index is 13.0. The van der Waals surface area contributed by atoms with Gasteiger partial charge in [0.15, 0.2) is 11.0 Å². The molecule has 3 aromatic rings. The number of hydrogen-bond acceptors (Lipinski definition) is 5. The van der Waals surface area contributed by atoms with Gasteiger partial charge >= 0.3 is 0 Å². The van der Waals surface area contributed by atoms with Gasteiger partial charge in [-0.15, -0.1) is 16.8 Å². The number of allylic oxidation sites excluding steroid dienone is 1. The molecule has 0 fully saturated rings. The lowest BCUT2D eigenvalue weighted by Gasteiger charge is -2.23. The number of carbonyl (C=O) groups excluding carboxylic acids is 2. The van der Waals surface area contributed by atoms with Crippen molar-refractivity contribution in [2.75, 3.05) is 11.1 Å². The van der Waals surface area contributed by atoms with Crippen molar-refractivity contribution >= 4 is 64.1 Å². The Labute approximate surface area is 229 Å². The lowest BCUT2D eigenvalue weighted by Crippen LogP contribution is -2.34. The van der Waals surface area contributed by atoms with Crippen molar-refractivity contribution in [2.45, 2.75) is 38.5 Å². The predicted octanol–water partition coefficient (Wildman–Crippen LogP) is 6.59. The monoisotopic (exact) mass is 565 g/mol. The number of nitrogens with one attached hydrogen (secondary N) is 2. The van der Waals surface area contributed by atoms with E-state index in [0.717, 1.165) is 5.56 Å². The SMILES string of the molecule is C=CCn1c(SCC(=O)Nc2cccc(Cl)c2C)nnc1[C@H](NC(=O)c1ccc(Cl)cc1Cl)C(C)C. The van der Waals surface area contributed by atoms with Gasteiger partial charge in [0.05, 0.1) is 22.4 Å². The molecule has 0 bridgehead atoms. The highest BCUT2D eigenvalue weighted by molar-refractivity contribution is 7.99. The topological polar surface area (TPSA) is 88.9 Å². The number of rotatable bonds is 10. The smallest absolute Gasteiger partial charge is 0.253 e. The summed E-state index contributed by atoms with van der Waals surface area (Å²) >= 11 is 19.6. The number of amides is 2. The quantitative estimate of drug-likeness (QED) is 0.213. The van der Waals surface area contributed by atoms with Gasteiger partial charge in [-0.25, -0.2) is 0 Å². The van der Waals surface area contributed by atoms with E-state index < -0.39 is 6.04 Å². The zero-order valence-electron chi connectivity index (χ0n) is 20.0. The molecule has 190 valence electrons. The van der Waals surface area contributed by atoms with Gasteiger partial charge in [0.2, 0.25) is 5.91 Å². The number of hydrogen-bond donors (Lipinski definition) is 2. The molecule has 1 aromatic heterocycles. The molecule has 11 heteroatoms. The molecular formula is C25H26Cl3N5O2S. The van der Waals surface area contributed by atoms with Crippen LogP contribution in [-0.4, -0.2) is 32.3 Å². The van der Waals surface area contributed by atoms with Gasteiger partial charge in [0.1, 0.15) is 0 Å². The number of aromatic nitrogens is 3. The van der Waals surface area contributed by atoms with Crippen LogP contribution >= 0.6 is 46.6 Å². The molecule has 7 nitrogen and oxygen atoms in total. The first-order valence-corrected chi connectivity index (χ1v) is 13.2. The zero-order valence-corrected chi connectivity index (χ0v) is 23.1. The van der Waals surface area contributed by atoms with E-state index in [9.17, 15) is 9.59 Å². The molecule has 0 unspecified atom stereocenters. The molecule has 2 N–H and O–H groups in total. The fourth-order valence-electron chi connectivity index (χ4n) is 3.42. The van der Waals surface area contributed by atoms with Crippen molar-refractivity contribution in [2.24, 2.45) is 5.92 Å². The molecule has 2 aromatic carbocycles. The highest BCUT2D eigenvalue weighted by Crippen LogP contribution is 2.28. The Hall–Kier alpha value is -2.52. The molecule has 1 atom stereocenters. The van der Waals surface area contributed by atoms with E-state index in [1.165, 1.54) is 17.8 Å². The lowest BCUT2D eigenvalue weighted by atomic mass is 10.0. The van der Waals surface area contributed by atoms with Crippen molar-refractivity contribution in [3.8, 4) is 0 Å². The van der Waals surface area contributed by atoms with Crippen LogP contribution in [0.25, 0.3) is 0 Å². The van der Waals surface area contributed by atoms with Crippen LogP contribution in [0.15, 0.2) is 54.2 Å². The van der Waals surface area contributed by atoms with E-state index in [-0.39, 0.29) is 28.5 Å². The first-order valence-electron chi connectivity index (χ1n) is 11.1. The Morgan fingerprint density at radius 2 is 1.89 bits per heavy atom. The normalized spacial score (nSPS) is 11.9. The van der Waals surface area contributed by atoms with Crippen LogP contribution < -0.4 is 10.6 Å². The van der Waals surface area contributed by atoms with Crippen molar-refractivity contribution in [3.05, 3.63) is 81.1 Å². The maximum atomic E-state index is 13.0. The Balaban J connectivity index is 1.78. The average molecular weight is 567 g/mol. The maximum Gasteiger partial charge on any atom is 0.253 e. The fourth-order valence-corrected chi connectivity index (χ4v) is 4.84.